The normalized spacial score (nSPS) is 12.4. The lowest BCUT2D eigenvalue weighted by Gasteiger charge is -2.15. The number of rotatable bonds is 10. The van der Waals surface area contributed by atoms with Crippen molar-refractivity contribution >= 4 is 33.0 Å². The summed E-state index contributed by atoms with van der Waals surface area (Å²) in [7, 11) is 0. The Kier molecular flexibility index (Phi) is 10.7. The molecular weight excluding hydrogens is 679 g/mol. The topological polar surface area (TPSA) is 51.3 Å². The highest BCUT2D eigenvalue weighted by Crippen LogP contribution is 2.38. The Balaban J connectivity index is 1.29. The summed E-state index contributed by atoms with van der Waals surface area (Å²) in [5.74, 6) is 0. The van der Waals surface area contributed by atoms with Gasteiger partial charge in [0.1, 0.15) is 0 Å². The molecule has 1 aromatic heterocycles. The van der Waals surface area contributed by atoms with Gasteiger partial charge in [0.05, 0.1) is 5.71 Å². The van der Waals surface area contributed by atoms with E-state index in [1.165, 1.54) is 27.1 Å². The molecule has 0 aliphatic carbocycles. The van der Waals surface area contributed by atoms with Gasteiger partial charge in [-0.3, -0.25) is 9.98 Å². The lowest BCUT2D eigenvalue weighted by atomic mass is 9.89. The lowest BCUT2D eigenvalue weighted by molar-refractivity contribution is 1.33. The van der Waals surface area contributed by atoms with Crippen molar-refractivity contribution in [3.8, 4) is 44.5 Å². The number of fused-ring (bicyclic) bond motifs is 3. The van der Waals surface area contributed by atoms with Crippen molar-refractivity contribution in [3.05, 3.63) is 230 Å². The molecule has 3 nitrogen and oxygen atoms in total. The fraction of sp³-hybridized carbons (Fsp3) is 0.0189. The molecule has 56 heavy (non-hydrogen) atoms. The number of aliphatic imine (C=N–C) groups is 1. The number of hydrogen-bond acceptors (Lipinski definition) is 3. The van der Waals surface area contributed by atoms with Crippen molar-refractivity contribution in [2.75, 3.05) is 0 Å². The zero-order valence-corrected chi connectivity index (χ0v) is 31.3. The standard InChI is InChI=1S/C53H41N3/c1-2-3-4-5-13-31-56-53(36-52(54)42-28-26-39(27-29-42)38-15-7-6-8-16-38)47-33-45(41-24-22-40(23-25-41)44-18-14-30-55-37-44)32-46(34-47)51-35-43-17-9-10-19-48(43)49-20-11-12-21-50(49)51/h2-37H,54H2,1H3/b3-2+,5-4-,31-13-,52-36-,56-53-. The Morgan fingerprint density at radius 2 is 1.11 bits per heavy atom. The first-order chi connectivity index (χ1) is 27.6. The van der Waals surface area contributed by atoms with Gasteiger partial charge in [-0.05, 0) is 121 Å². The predicted octanol–water partition coefficient (Wildman–Crippen LogP) is 13.5. The van der Waals surface area contributed by atoms with Crippen LogP contribution in [-0.2, 0) is 0 Å². The molecule has 0 radical (unpaired) electrons. The van der Waals surface area contributed by atoms with Gasteiger partial charge in [0.25, 0.3) is 0 Å². The van der Waals surface area contributed by atoms with Crippen LogP contribution < -0.4 is 5.73 Å². The lowest BCUT2D eigenvalue weighted by Crippen LogP contribution is -2.04. The van der Waals surface area contributed by atoms with E-state index in [0.717, 1.165) is 55.8 Å². The highest BCUT2D eigenvalue weighted by molar-refractivity contribution is 6.16. The van der Waals surface area contributed by atoms with Crippen LogP contribution in [0.15, 0.2) is 224 Å². The summed E-state index contributed by atoms with van der Waals surface area (Å²) in [6.07, 6.45) is 17.4. The van der Waals surface area contributed by atoms with Gasteiger partial charge in [0, 0.05) is 29.9 Å². The second-order valence-electron chi connectivity index (χ2n) is 13.6. The summed E-state index contributed by atoms with van der Waals surface area (Å²) in [6.45, 7) is 2.00. The van der Waals surface area contributed by atoms with Crippen LogP contribution in [0.5, 0.6) is 0 Å². The zero-order valence-electron chi connectivity index (χ0n) is 31.3. The molecule has 268 valence electrons. The van der Waals surface area contributed by atoms with Crippen LogP contribution in [0.1, 0.15) is 18.1 Å². The van der Waals surface area contributed by atoms with E-state index in [9.17, 15) is 0 Å². The fourth-order valence-corrected chi connectivity index (χ4v) is 7.10. The maximum Gasteiger partial charge on any atom is 0.0723 e. The van der Waals surface area contributed by atoms with Crippen molar-refractivity contribution < 1.29 is 0 Å². The van der Waals surface area contributed by atoms with Crippen molar-refractivity contribution in [2.24, 2.45) is 10.7 Å². The number of nitrogens with zero attached hydrogens (tertiary/aromatic N) is 2. The van der Waals surface area contributed by atoms with Crippen LogP contribution in [0.3, 0.4) is 0 Å². The van der Waals surface area contributed by atoms with E-state index in [1.54, 1.807) is 6.20 Å². The highest BCUT2D eigenvalue weighted by Gasteiger charge is 2.14. The Morgan fingerprint density at radius 3 is 1.86 bits per heavy atom. The van der Waals surface area contributed by atoms with E-state index in [1.807, 2.05) is 67.9 Å². The van der Waals surface area contributed by atoms with Crippen LogP contribution in [-0.4, -0.2) is 10.7 Å². The van der Waals surface area contributed by atoms with Gasteiger partial charge in [-0.25, -0.2) is 0 Å². The maximum atomic E-state index is 6.93. The van der Waals surface area contributed by atoms with Crippen LogP contribution in [0.2, 0.25) is 0 Å². The predicted molar refractivity (Wildman–Crippen MR) is 239 cm³/mol. The van der Waals surface area contributed by atoms with E-state index in [0.29, 0.717) is 5.70 Å². The van der Waals surface area contributed by atoms with Gasteiger partial charge >= 0.3 is 0 Å². The first-order valence-electron chi connectivity index (χ1n) is 18.9. The fourth-order valence-electron chi connectivity index (χ4n) is 7.10. The molecule has 0 spiro atoms. The molecule has 8 aromatic rings. The van der Waals surface area contributed by atoms with Gasteiger partial charge in [0.15, 0.2) is 0 Å². The van der Waals surface area contributed by atoms with Gasteiger partial charge in [-0.15, -0.1) is 0 Å². The van der Waals surface area contributed by atoms with E-state index in [4.69, 9.17) is 10.7 Å². The largest absolute Gasteiger partial charge is 0.398 e. The number of allylic oxidation sites excluding steroid dienone is 6. The molecule has 0 amide bonds. The molecule has 0 saturated heterocycles. The second kappa shape index (κ2) is 16.8. The smallest absolute Gasteiger partial charge is 0.0723 e. The summed E-state index contributed by atoms with van der Waals surface area (Å²) in [5, 5.41) is 4.85. The van der Waals surface area contributed by atoms with Crippen LogP contribution in [0.4, 0.5) is 0 Å². The monoisotopic (exact) mass is 719 g/mol. The molecule has 8 rings (SSSR count). The molecule has 0 fully saturated rings. The molecule has 1 heterocycles. The van der Waals surface area contributed by atoms with Crippen molar-refractivity contribution in [1.29, 1.82) is 0 Å². The Morgan fingerprint density at radius 1 is 0.500 bits per heavy atom. The average molecular weight is 720 g/mol. The van der Waals surface area contributed by atoms with E-state index in [2.05, 4.69) is 157 Å². The van der Waals surface area contributed by atoms with Gasteiger partial charge in [0.2, 0.25) is 0 Å². The third-order valence-corrected chi connectivity index (χ3v) is 9.96. The molecule has 0 aliphatic heterocycles. The minimum Gasteiger partial charge on any atom is -0.398 e. The van der Waals surface area contributed by atoms with Crippen molar-refractivity contribution in [2.45, 2.75) is 6.92 Å². The molecule has 0 bridgehead atoms. The number of pyridine rings is 1. The summed E-state index contributed by atoms with van der Waals surface area (Å²) < 4.78 is 0. The Bertz CT molecular complexity index is 2770. The van der Waals surface area contributed by atoms with E-state index in [-0.39, 0.29) is 0 Å². The second-order valence-corrected chi connectivity index (χ2v) is 13.6. The van der Waals surface area contributed by atoms with E-state index >= 15 is 0 Å². The minimum atomic E-state index is 0.630. The van der Waals surface area contributed by atoms with Gasteiger partial charge in [-0.2, -0.15) is 0 Å². The van der Waals surface area contributed by atoms with Crippen LogP contribution >= 0.6 is 0 Å². The van der Waals surface area contributed by atoms with Gasteiger partial charge in [-0.1, -0.05) is 158 Å². The molecule has 7 aromatic carbocycles. The summed E-state index contributed by atoms with van der Waals surface area (Å²) >= 11 is 0. The number of benzene rings is 7. The van der Waals surface area contributed by atoms with Crippen LogP contribution in [0.25, 0.3) is 71.7 Å². The van der Waals surface area contributed by atoms with E-state index < -0.39 is 0 Å². The number of hydrogen-bond donors (Lipinski definition) is 1. The summed E-state index contributed by atoms with van der Waals surface area (Å²) in [5.41, 5.74) is 19.1. The Labute approximate surface area is 328 Å². The third-order valence-electron chi connectivity index (χ3n) is 9.96. The molecule has 2 N–H and O–H groups in total. The minimum absolute atomic E-state index is 0.630. The first-order valence-corrected chi connectivity index (χ1v) is 18.9. The Hall–Kier alpha value is -7.36. The quantitative estimate of drug-likeness (QED) is 0.0869. The summed E-state index contributed by atoms with van der Waals surface area (Å²) in [6, 6.07) is 57.9. The van der Waals surface area contributed by atoms with Crippen molar-refractivity contribution in [1.82, 2.24) is 4.98 Å². The number of aromatic nitrogens is 1. The third kappa shape index (κ3) is 7.94. The van der Waals surface area contributed by atoms with Crippen LogP contribution in [0, 0.1) is 0 Å². The van der Waals surface area contributed by atoms with Crippen molar-refractivity contribution in [3.63, 3.8) is 0 Å². The summed E-state index contributed by atoms with van der Waals surface area (Å²) in [4.78, 5) is 9.39. The zero-order chi connectivity index (χ0) is 38.1. The van der Waals surface area contributed by atoms with Gasteiger partial charge < -0.3 is 5.73 Å². The molecular formula is C53H41N3. The molecule has 0 atom stereocenters. The molecule has 3 heteroatoms. The molecule has 0 saturated carbocycles. The molecule has 0 unspecified atom stereocenters. The first kappa shape index (κ1) is 35.7. The number of nitrogens with two attached hydrogens (primary N) is 1. The average Bonchev–Trinajstić information content (AvgIpc) is 3.27. The SMILES string of the molecule is C/C=C/C=C\C=C/N=C(/C=C(\N)c1ccc(-c2ccccc2)cc1)c1cc(-c2ccc(-c3cccnc3)cc2)cc(-c2cc3ccccc3c3ccccc23)c1. The molecule has 0 aliphatic rings. The highest BCUT2D eigenvalue weighted by atomic mass is 14.7. The maximum absolute atomic E-state index is 6.93.